The summed E-state index contributed by atoms with van der Waals surface area (Å²) in [5.41, 5.74) is 0.279. The number of likely N-dealkylation sites (N-methyl/N-ethyl adjacent to an activating group) is 1. The molecule has 1 aliphatic heterocycles. The van der Waals surface area contributed by atoms with Gasteiger partial charge in [0, 0.05) is 25.2 Å². The van der Waals surface area contributed by atoms with Crippen LogP contribution in [0.5, 0.6) is 0 Å². The van der Waals surface area contributed by atoms with Crippen LogP contribution in [0, 0.1) is 11.6 Å². The van der Waals surface area contributed by atoms with Gasteiger partial charge in [-0.25, -0.2) is 18.5 Å². The maximum atomic E-state index is 14.8. The number of carbonyl (C=O) groups is 2. The maximum absolute atomic E-state index is 14.8. The molecule has 0 fully saturated rings. The number of halogens is 2. The first-order valence-electron chi connectivity index (χ1n) is 12.0. The summed E-state index contributed by atoms with van der Waals surface area (Å²) in [5.74, 6) is -1.73. The second-order valence-corrected chi connectivity index (χ2v) is 8.79. The highest BCUT2D eigenvalue weighted by molar-refractivity contribution is 6.08. The molecule has 0 spiro atoms. The SMILES string of the molecule is CCCN(C(=O)c1ccccc1)c1nc(NCCN(C)C)nc2c1CNC(=O)N2c1c(F)cccc1F. The molecule has 0 unspecified atom stereocenters. The lowest BCUT2D eigenvalue weighted by molar-refractivity contribution is 0.0986. The van der Waals surface area contributed by atoms with E-state index in [0.717, 1.165) is 17.0 Å². The molecule has 0 radical (unpaired) electrons. The Kier molecular flexibility index (Phi) is 7.92. The van der Waals surface area contributed by atoms with E-state index >= 15 is 0 Å². The van der Waals surface area contributed by atoms with Gasteiger partial charge in [0.1, 0.15) is 23.1 Å². The van der Waals surface area contributed by atoms with Gasteiger partial charge in [0.15, 0.2) is 5.82 Å². The molecule has 9 nitrogen and oxygen atoms in total. The highest BCUT2D eigenvalue weighted by Gasteiger charge is 2.35. The molecular formula is C26H29F2N7O2. The number of para-hydroxylation sites is 1. The fourth-order valence-corrected chi connectivity index (χ4v) is 4.01. The predicted molar refractivity (Wildman–Crippen MR) is 138 cm³/mol. The zero-order valence-electron chi connectivity index (χ0n) is 21.0. The van der Waals surface area contributed by atoms with Crippen molar-refractivity contribution in [3.05, 3.63) is 71.3 Å². The van der Waals surface area contributed by atoms with Crippen LogP contribution in [0.25, 0.3) is 0 Å². The first-order chi connectivity index (χ1) is 17.8. The van der Waals surface area contributed by atoms with Crippen molar-refractivity contribution in [2.75, 3.05) is 48.8 Å². The van der Waals surface area contributed by atoms with E-state index in [0.29, 0.717) is 37.2 Å². The van der Waals surface area contributed by atoms with Crippen LogP contribution < -0.4 is 20.4 Å². The quantitative estimate of drug-likeness (QED) is 0.450. The maximum Gasteiger partial charge on any atom is 0.328 e. The molecule has 4 rings (SSSR count). The summed E-state index contributed by atoms with van der Waals surface area (Å²) in [5, 5.41) is 5.75. The number of nitrogens with one attached hydrogen (secondary N) is 2. The van der Waals surface area contributed by atoms with Crippen molar-refractivity contribution in [2.45, 2.75) is 19.9 Å². The fourth-order valence-electron chi connectivity index (χ4n) is 4.01. The Hall–Kier alpha value is -4.12. The number of nitrogens with zero attached hydrogens (tertiary/aromatic N) is 5. The number of carbonyl (C=O) groups excluding carboxylic acids is 2. The molecule has 2 heterocycles. The van der Waals surface area contributed by atoms with Gasteiger partial charge in [-0.2, -0.15) is 9.97 Å². The minimum absolute atomic E-state index is 0.00654. The molecule has 2 aromatic carbocycles. The Balaban J connectivity index is 1.89. The summed E-state index contributed by atoms with van der Waals surface area (Å²) in [6.45, 7) is 3.36. The Bertz CT molecular complexity index is 1270. The highest BCUT2D eigenvalue weighted by atomic mass is 19.1. The summed E-state index contributed by atoms with van der Waals surface area (Å²) in [6, 6.07) is 11.4. The van der Waals surface area contributed by atoms with Crippen molar-refractivity contribution >= 4 is 35.2 Å². The van der Waals surface area contributed by atoms with Gasteiger partial charge in [0.2, 0.25) is 5.95 Å². The molecule has 1 aromatic heterocycles. The van der Waals surface area contributed by atoms with E-state index in [2.05, 4.69) is 20.6 Å². The third-order valence-corrected chi connectivity index (χ3v) is 5.77. The van der Waals surface area contributed by atoms with Gasteiger partial charge < -0.3 is 15.5 Å². The van der Waals surface area contributed by atoms with Gasteiger partial charge in [-0.1, -0.05) is 31.2 Å². The van der Waals surface area contributed by atoms with Crippen molar-refractivity contribution in [1.82, 2.24) is 20.2 Å². The van der Waals surface area contributed by atoms with Gasteiger partial charge >= 0.3 is 6.03 Å². The number of rotatable bonds is 9. The van der Waals surface area contributed by atoms with Crippen LogP contribution in [0.2, 0.25) is 0 Å². The van der Waals surface area contributed by atoms with E-state index in [9.17, 15) is 18.4 Å². The van der Waals surface area contributed by atoms with Crippen molar-refractivity contribution in [3.8, 4) is 0 Å². The van der Waals surface area contributed by atoms with Gasteiger partial charge in [-0.3, -0.25) is 9.69 Å². The summed E-state index contributed by atoms with van der Waals surface area (Å²) >= 11 is 0. The van der Waals surface area contributed by atoms with Crippen molar-refractivity contribution in [1.29, 1.82) is 0 Å². The van der Waals surface area contributed by atoms with Crippen LogP contribution in [0.4, 0.5) is 36.8 Å². The molecule has 2 N–H and O–H groups in total. The Morgan fingerprint density at radius 3 is 2.41 bits per heavy atom. The van der Waals surface area contributed by atoms with Crippen LogP contribution in [0.15, 0.2) is 48.5 Å². The van der Waals surface area contributed by atoms with E-state index in [-0.39, 0.29) is 30.0 Å². The smallest absolute Gasteiger partial charge is 0.328 e. The third-order valence-electron chi connectivity index (χ3n) is 5.77. The van der Waals surface area contributed by atoms with Crippen LogP contribution in [-0.4, -0.2) is 60.5 Å². The zero-order valence-corrected chi connectivity index (χ0v) is 21.0. The molecule has 0 bridgehead atoms. The normalized spacial score (nSPS) is 12.8. The molecule has 194 valence electrons. The summed E-state index contributed by atoms with van der Waals surface area (Å²) in [6.07, 6.45) is 0.624. The minimum atomic E-state index is -0.920. The Labute approximate surface area is 214 Å². The second-order valence-electron chi connectivity index (χ2n) is 8.79. The first-order valence-corrected chi connectivity index (χ1v) is 12.0. The van der Waals surface area contributed by atoms with E-state index in [1.807, 2.05) is 32.0 Å². The summed E-state index contributed by atoms with van der Waals surface area (Å²) in [4.78, 5) is 40.0. The van der Waals surface area contributed by atoms with Gasteiger partial charge in [0.05, 0.1) is 12.1 Å². The van der Waals surface area contributed by atoms with Crippen molar-refractivity contribution in [2.24, 2.45) is 0 Å². The lowest BCUT2D eigenvalue weighted by Crippen LogP contribution is -2.44. The van der Waals surface area contributed by atoms with E-state index in [4.69, 9.17) is 0 Å². The van der Waals surface area contributed by atoms with Gasteiger partial charge in [0.25, 0.3) is 5.91 Å². The molecule has 0 aliphatic carbocycles. The van der Waals surface area contributed by atoms with Crippen LogP contribution in [-0.2, 0) is 6.54 Å². The zero-order chi connectivity index (χ0) is 26.5. The van der Waals surface area contributed by atoms with E-state index in [1.165, 1.54) is 11.0 Å². The number of urea groups is 1. The average Bonchev–Trinajstić information content (AvgIpc) is 2.88. The number of anilines is 4. The molecule has 3 amide bonds. The molecule has 0 saturated carbocycles. The van der Waals surface area contributed by atoms with Crippen molar-refractivity contribution < 1.29 is 18.4 Å². The standard InChI is InChI=1S/C26H29F2N7O2/c1-4-14-34(24(36)17-9-6-5-7-10-17)22-18-16-30-26(37)35(21-19(27)11-8-12-20(21)28)23(18)32-25(31-22)29-13-15-33(2)3/h5-12H,4,13-16H2,1-3H3,(H,30,37)(H,29,31,32). The Morgan fingerprint density at radius 1 is 1.05 bits per heavy atom. The molecule has 11 heteroatoms. The van der Waals surface area contributed by atoms with Crippen molar-refractivity contribution in [3.63, 3.8) is 0 Å². The predicted octanol–water partition coefficient (Wildman–Crippen LogP) is 4.15. The summed E-state index contributed by atoms with van der Waals surface area (Å²) < 4.78 is 29.7. The lowest BCUT2D eigenvalue weighted by Gasteiger charge is -2.33. The molecular weight excluding hydrogens is 480 g/mol. The first kappa shape index (κ1) is 26.0. The van der Waals surface area contributed by atoms with Gasteiger partial charge in [-0.05, 0) is 44.8 Å². The average molecular weight is 510 g/mol. The molecule has 1 aliphatic rings. The molecule has 0 saturated heterocycles. The largest absolute Gasteiger partial charge is 0.353 e. The second kappa shape index (κ2) is 11.3. The van der Waals surface area contributed by atoms with Crippen LogP contribution in [0.1, 0.15) is 29.3 Å². The number of hydrogen-bond donors (Lipinski definition) is 2. The third kappa shape index (κ3) is 5.51. The topological polar surface area (TPSA) is 93.7 Å². The number of aromatic nitrogens is 2. The number of amides is 3. The fraction of sp³-hybridized carbons (Fsp3) is 0.308. The molecule has 37 heavy (non-hydrogen) atoms. The van der Waals surface area contributed by atoms with Gasteiger partial charge in [-0.15, -0.1) is 0 Å². The minimum Gasteiger partial charge on any atom is -0.353 e. The number of benzene rings is 2. The summed E-state index contributed by atoms with van der Waals surface area (Å²) in [7, 11) is 3.82. The lowest BCUT2D eigenvalue weighted by atomic mass is 10.1. The molecule has 0 atom stereocenters. The van der Waals surface area contributed by atoms with Crippen LogP contribution >= 0.6 is 0 Å². The highest BCUT2D eigenvalue weighted by Crippen LogP contribution is 2.38. The van der Waals surface area contributed by atoms with E-state index < -0.39 is 23.4 Å². The van der Waals surface area contributed by atoms with Crippen LogP contribution in [0.3, 0.4) is 0 Å². The number of fused-ring (bicyclic) bond motifs is 1. The monoisotopic (exact) mass is 509 g/mol. The van der Waals surface area contributed by atoms with E-state index in [1.54, 1.807) is 24.3 Å². The number of hydrogen-bond acceptors (Lipinski definition) is 6. The molecule has 3 aromatic rings. The Morgan fingerprint density at radius 2 is 1.76 bits per heavy atom.